The maximum atomic E-state index is 5.81. The van der Waals surface area contributed by atoms with Crippen LogP contribution in [0.2, 0.25) is 0 Å². The number of piperidine rings is 1. The highest BCUT2D eigenvalue weighted by atomic mass is 15.2. The molecule has 2 atom stereocenters. The van der Waals surface area contributed by atoms with Crippen LogP contribution in [0.5, 0.6) is 0 Å². The summed E-state index contributed by atoms with van der Waals surface area (Å²) in [6, 6.07) is 0.730. The van der Waals surface area contributed by atoms with Crippen LogP contribution in [0.15, 0.2) is 0 Å². The summed E-state index contributed by atoms with van der Waals surface area (Å²) in [6.45, 7) is 12.6. The fraction of sp³-hybridized carbons (Fsp3) is 1.00. The molecule has 1 fully saturated rings. The Bertz CT molecular complexity index is 177. The summed E-state index contributed by atoms with van der Waals surface area (Å²) >= 11 is 0. The Morgan fingerprint density at radius 1 is 1.50 bits per heavy atom. The number of rotatable bonds is 3. The average molecular weight is 198 g/mol. The van der Waals surface area contributed by atoms with Crippen LogP contribution in [-0.2, 0) is 0 Å². The van der Waals surface area contributed by atoms with Crippen LogP contribution in [0.25, 0.3) is 0 Å². The Hall–Kier alpha value is -0.0800. The van der Waals surface area contributed by atoms with Crippen molar-refractivity contribution in [2.24, 2.45) is 17.1 Å². The molecule has 0 aromatic carbocycles. The van der Waals surface area contributed by atoms with Gasteiger partial charge in [0.1, 0.15) is 0 Å². The van der Waals surface area contributed by atoms with Crippen LogP contribution in [0, 0.1) is 11.3 Å². The highest BCUT2D eigenvalue weighted by molar-refractivity contribution is 4.88. The number of hydrogen-bond acceptors (Lipinski definition) is 2. The van der Waals surface area contributed by atoms with E-state index in [0.29, 0.717) is 11.3 Å². The van der Waals surface area contributed by atoms with Crippen LogP contribution in [-0.4, -0.2) is 30.6 Å². The third-order valence-electron chi connectivity index (χ3n) is 3.98. The molecule has 0 bridgehead atoms. The lowest BCUT2D eigenvalue weighted by Gasteiger charge is -2.46. The van der Waals surface area contributed by atoms with E-state index >= 15 is 0 Å². The summed E-state index contributed by atoms with van der Waals surface area (Å²) < 4.78 is 0. The van der Waals surface area contributed by atoms with Crippen molar-refractivity contribution < 1.29 is 0 Å². The van der Waals surface area contributed by atoms with Crippen LogP contribution in [0.1, 0.15) is 40.5 Å². The summed E-state index contributed by atoms with van der Waals surface area (Å²) in [5.41, 5.74) is 6.21. The molecule has 14 heavy (non-hydrogen) atoms. The largest absolute Gasteiger partial charge is 0.330 e. The highest BCUT2D eigenvalue weighted by Gasteiger charge is 2.35. The first-order chi connectivity index (χ1) is 6.51. The van der Waals surface area contributed by atoms with Gasteiger partial charge in [-0.25, -0.2) is 0 Å². The van der Waals surface area contributed by atoms with Crippen molar-refractivity contribution >= 4 is 0 Å². The molecule has 2 unspecified atom stereocenters. The van der Waals surface area contributed by atoms with E-state index < -0.39 is 0 Å². The van der Waals surface area contributed by atoms with Crippen molar-refractivity contribution in [2.75, 3.05) is 19.6 Å². The first-order valence-corrected chi connectivity index (χ1v) is 5.95. The molecule has 84 valence electrons. The molecule has 2 heteroatoms. The van der Waals surface area contributed by atoms with Gasteiger partial charge in [0.15, 0.2) is 0 Å². The highest BCUT2D eigenvalue weighted by Crippen LogP contribution is 2.35. The molecule has 0 aliphatic carbocycles. The second-order valence-electron chi connectivity index (χ2n) is 5.44. The number of nitrogens with zero attached hydrogens (tertiary/aromatic N) is 1. The van der Waals surface area contributed by atoms with E-state index in [1.165, 1.54) is 25.9 Å². The third kappa shape index (κ3) is 2.48. The van der Waals surface area contributed by atoms with Gasteiger partial charge in [0.05, 0.1) is 0 Å². The lowest BCUT2D eigenvalue weighted by Crippen LogP contribution is -2.50. The standard InChI is InChI=1S/C12H26N2/c1-5-10(2)14-7-6-11(8-13)12(3,4)9-14/h10-11H,5-9,13H2,1-4H3. The summed E-state index contributed by atoms with van der Waals surface area (Å²) in [5.74, 6) is 0.711. The van der Waals surface area contributed by atoms with Crippen LogP contribution in [0.3, 0.4) is 0 Å². The minimum atomic E-state index is 0.399. The third-order valence-corrected chi connectivity index (χ3v) is 3.98. The summed E-state index contributed by atoms with van der Waals surface area (Å²) in [4.78, 5) is 2.62. The van der Waals surface area contributed by atoms with Crippen molar-refractivity contribution in [3.63, 3.8) is 0 Å². The van der Waals surface area contributed by atoms with E-state index in [1.807, 2.05) is 0 Å². The quantitative estimate of drug-likeness (QED) is 0.752. The van der Waals surface area contributed by atoms with Gasteiger partial charge >= 0.3 is 0 Å². The van der Waals surface area contributed by atoms with E-state index in [2.05, 4.69) is 32.6 Å². The molecule has 1 heterocycles. The number of nitrogens with two attached hydrogens (primary N) is 1. The number of hydrogen-bond donors (Lipinski definition) is 1. The van der Waals surface area contributed by atoms with E-state index in [9.17, 15) is 0 Å². The Morgan fingerprint density at radius 2 is 2.14 bits per heavy atom. The maximum absolute atomic E-state index is 5.81. The molecule has 1 aliphatic rings. The Kier molecular flexibility index (Phi) is 3.96. The van der Waals surface area contributed by atoms with E-state index in [0.717, 1.165) is 12.6 Å². The molecule has 2 N–H and O–H groups in total. The molecule has 0 amide bonds. The van der Waals surface area contributed by atoms with Gasteiger partial charge in [-0.05, 0) is 44.2 Å². The van der Waals surface area contributed by atoms with E-state index in [4.69, 9.17) is 5.73 Å². The zero-order valence-electron chi connectivity index (χ0n) is 10.2. The molecule has 2 nitrogen and oxygen atoms in total. The lowest BCUT2D eigenvalue weighted by atomic mass is 9.73. The van der Waals surface area contributed by atoms with Crippen molar-refractivity contribution in [1.29, 1.82) is 0 Å². The lowest BCUT2D eigenvalue weighted by molar-refractivity contribution is 0.0352. The molecule has 0 spiro atoms. The predicted molar refractivity (Wildman–Crippen MR) is 62.3 cm³/mol. The fourth-order valence-electron chi connectivity index (χ4n) is 2.52. The Morgan fingerprint density at radius 3 is 2.57 bits per heavy atom. The van der Waals surface area contributed by atoms with Crippen molar-refractivity contribution in [3.05, 3.63) is 0 Å². The van der Waals surface area contributed by atoms with Crippen LogP contribution >= 0.6 is 0 Å². The zero-order chi connectivity index (χ0) is 10.8. The van der Waals surface area contributed by atoms with Gasteiger partial charge in [-0.3, -0.25) is 0 Å². The first-order valence-electron chi connectivity index (χ1n) is 5.95. The Balaban J connectivity index is 2.58. The molecule has 0 aromatic rings. The zero-order valence-corrected chi connectivity index (χ0v) is 10.2. The second-order valence-corrected chi connectivity index (χ2v) is 5.44. The average Bonchev–Trinajstić information content (AvgIpc) is 2.15. The Labute approximate surface area is 88.8 Å². The van der Waals surface area contributed by atoms with Gasteiger partial charge in [-0.15, -0.1) is 0 Å². The molecule has 1 rings (SSSR count). The van der Waals surface area contributed by atoms with Gasteiger partial charge in [0.25, 0.3) is 0 Å². The molecule has 1 saturated heterocycles. The minimum absolute atomic E-state index is 0.399. The molecule has 1 aliphatic heterocycles. The predicted octanol–water partition coefficient (Wildman–Crippen LogP) is 2.09. The smallest absolute Gasteiger partial charge is 0.00645 e. The van der Waals surface area contributed by atoms with Gasteiger partial charge in [0, 0.05) is 12.6 Å². The first kappa shape index (κ1) is 12.0. The van der Waals surface area contributed by atoms with Gasteiger partial charge in [-0.1, -0.05) is 20.8 Å². The van der Waals surface area contributed by atoms with E-state index in [1.54, 1.807) is 0 Å². The van der Waals surface area contributed by atoms with Crippen LogP contribution in [0.4, 0.5) is 0 Å². The topological polar surface area (TPSA) is 29.3 Å². The minimum Gasteiger partial charge on any atom is -0.330 e. The molecule has 0 aromatic heterocycles. The number of likely N-dealkylation sites (tertiary alicyclic amines) is 1. The van der Waals surface area contributed by atoms with E-state index in [-0.39, 0.29) is 0 Å². The molecule has 0 radical (unpaired) electrons. The summed E-state index contributed by atoms with van der Waals surface area (Å²) in [7, 11) is 0. The summed E-state index contributed by atoms with van der Waals surface area (Å²) in [6.07, 6.45) is 2.53. The molecule has 0 saturated carbocycles. The van der Waals surface area contributed by atoms with Gasteiger partial charge in [-0.2, -0.15) is 0 Å². The molecular weight excluding hydrogens is 172 g/mol. The monoisotopic (exact) mass is 198 g/mol. The van der Waals surface area contributed by atoms with Gasteiger partial charge in [0.2, 0.25) is 0 Å². The van der Waals surface area contributed by atoms with Crippen molar-refractivity contribution in [2.45, 2.75) is 46.6 Å². The normalized spacial score (nSPS) is 30.2. The second kappa shape index (κ2) is 4.63. The van der Waals surface area contributed by atoms with Gasteiger partial charge < -0.3 is 10.6 Å². The summed E-state index contributed by atoms with van der Waals surface area (Å²) in [5, 5.41) is 0. The van der Waals surface area contributed by atoms with Crippen molar-refractivity contribution in [1.82, 2.24) is 4.90 Å². The fourth-order valence-corrected chi connectivity index (χ4v) is 2.52. The maximum Gasteiger partial charge on any atom is 0.00645 e. The molecular formula is C12H26N2. The SMILES string of the molecule is CCC(C)N1CCC(CN)C(C)(C)C1. The van der Waals surface area contributed by atoms with Crippen LogP contribution < -0.4 is 5.73 Å². The van der Waals surface area contributed by atoms with Crippen molar-refractivity contribution in [3.8, 4) is 0 Å².